The largest absolute Gasteiger partial charge is 0.480 e. The van der Waals surface area contributed by atoms with Gasteiger partial charge >= 0.3 is 0 Å². The summed E-state index contributed by atoms with van der Waals surface area (Å²) in [4.78, 5) is 14.0. The van der Waals surface area contributed by atoms with Crippen molar-refractivity contribution in [2.45, 2.75) is 36.9 Å². The number of hydrogen-bond acceptors (Lipinski definition) is 9. The van der Waals surface area contributed by atoms with E-state index in [9.17, 15) is 10.2 Å². The zero-order valence-corrected chi connectivity index (χ0v) is 18.5. The zero-order chi connectivity index (χ0) is 23.4. The van der Waals surface area contributed by atoms with E-state index >= 15 is 4.39 Å². The summed E-state index contributed by atoms with van der Waals surface area (Å²) in [5.41, 5.74) is 1.54. The molecule has 6 heterocycles. The number of ether oxygens (including phenoxy) is 4. The van der Waals surface area contributed by atoms with Gasteiger partial charge in [0.15, 0.2) is 17.8 Å². The predicted octanol–water partition coefficient (Wildman–Crippen LogP) is 1.25. The molecular formula is C23H25FN4O6. The van der Waals surface area contributed by atoms with Crippen LogP contribution in [0.4, 0.5) is 10.2 Å². The van der Waals surface area contributed by atoms with E-state index in [4.69, 9.17) is 18.9 Å². The molecule has 180 valence electrons. The Hall–Kier alpha value is -2.99. The number of aromatic amines is 1. The molecule has 3 fully saturated rings. The number of halogens is 1. The number of pyridine rings is 2. The molecule has 6 rings (SSSR count). The molecule has 0 aliphatic carbocycles. The van der Waals surface area contributed by atoms with Gasteiger partial charge in [-0.3, -0.25) is 0 Å². The topological polar surface area (TPSA) is 122 Å². The molecule has 3 aromatic heterocycles. The van der Waals surface area contributed by atoms with Crippen LogP contribution in [0.3, 0.4) is 0 Å². The van der Waals surface area contributed by atoms with Gasteiger partial charge in [0.2, 0.25) is 5.88 Å². The van der Waals surface area contributed by atoms with Crippen LogP contribution in [0.1, 0.15) is 6.42 Å². The number of rotatable bonds is 5. The van der Waals surface area contributed by atoms with Gasteiger partial charge in [0, 0.05) is 25.2 Å². The third kappa shape index (κ3) is 3.65. The van der Waals surface area contributed by atoms with Crippen LogP contribution in [-0.2, 0) is 9.47 Å². The van der Waals surface area contributed by atoms with Gasteiger partial charge < -0.3 is 39.0 Å². The number of aliphatic hydroxyl groups is 2. The smallest absolute Gasteiger partial charge is 0.224 e. The molecule has 10 nitrogen and oxygen atoms in total. The van der Waals surface area contributed by atoms with Crippen LogP contribution in [0.5, 0.6) is 11.8 Å². The number of β-amino-alcohol motifs (C(OH)–C–C–N with tert-alkyl or cyclic N) is 1. The van der Waals surface area contributed by atoms with E-state index in [0.717, 1.165) is 0 Å². The lowest BCUT2D eigenvalue weighted by atomic mass is 10.1. The Morgan fingerprint density at radius 2 is 2.00 bits per heavy atom. The van der Waals surface area contributed by atoms with E-state index in [1.807, 2.05) is 4.90 Å². The van der Waals surface area contributed by atoms with E-state index < -0.39 is 18.0 Å². The number of aromatic nitrogens is 3. The number of nitrogens with one attached hydrogen (secondary N) is 1. The van der Waals surface area contributed by atoms with E-state index in [0.29, 0.717) is 47.8 Å². The summed E-state index contributed by atoms with van der Waals surface area (Å²) in [6, 6.07) is 6.56. The lowest BCUT2D eigenvalue weighted by Gasteiger charge is -2.18. The molecule has 3 aliphatic heterocycles. The highest BCUT2D eigenvalue weighted by Crippen LogP contribution is 2.35. The normalized spacial score (nSPS) is 28.6. The Balaban J connectivity index is 1.28. The van der Waals surface area contributed by atoms with Gasteiger partial charge in [-0.15, -0.1) is 0 Å². The molecule has 0 bridgehead atoms. The quantitative estimate of drug-likeness (QED) is 0.504. The molecular weight excluding hydrogens is 447 g/mol. The first-order valence-corrected chi connectivity index (χ1v) is 11.3. The maximum Gasteiger partial charge on any atom is 0.224 e. The second-order valence-corrected chi connectivity index (χ2v) is 8.82. The van der Waals surface area contributed by atoms with Gasteiger partial charge in [-0.25, -0.2) is 9.37 Å². The van der Waals surface area contributed by atoms with Crippen molar-refractivity contribution >= 4 is 16.9 Å². The summed E-state index contributed by atoms with van der Waals surface area (Å²) in [5, 5.41) is 19.7. The van der Waals surface area contributed by atoms with Crippen LogP contribution in [0.2, 0.25) is 0 Å². The molecule has 3 N–H and O–H groups in total. The van der Waals surface area contributed by atoms with Crippen molar-refractivity contribution in [1.29, 1.82) is 0 Å². The Morgan fingerprint density at radius 1 is 1.15 bits per heavy atom. The SMILES string of the molecule is COc1nc(N2CC[C@@H](O)C2)ccc1-c1nc2cc(O[C@@H]3COC4[C@H](O)CO[C@@H]43)[nH]c2cc1F. The van der Waals surface area contributed by atoms with Crippen molar-refractivity contribution in [1.82, 2.24) is 15.0 Å². The molecule has 0 radical (unpaired) electrons. The van der Waals surface area contributed by atoms with E-state index in [1.165, 1.54) is 13.2 Å². The molecule has 0 saturated carbocycles. The molecule has 3 saturated heterocycles. The van der Waals surface area contributed by atoms with Crippen LogP contribution >= 0.6 is 0 Å². The lowest BCUT2D eigenvalue weighted by Crippen LogP contribution is -2.34. The van der Waals surface area contributed by atoms with Crippen molar-refractivity contribution in [3.05, 3.63) is 30.1 Å². The van der Waals surface area contributed by atoms with Crippen molar-refractivity contribution in [3.63, 3.8) is 0 Å². The van der Waals surface area contributed by atoms with Gasteiger partial charge in [0.05, 0.1) is 43.0 Å². The van der Waals surface area contributed by atoms with Crippen LogP contribution in [0.25, 0.3) is 22.3 Å². The minimum atomic E-state index is -0.662. The van der Waals surface area contributed by atoms with Gasteiger partial charge in [-0.1, -0.05) is 0 Å². The minimum Gasteiger partial charge on any atom is -0.480 e. The summed E-state index contributed by atoms with van der Waals surface area (Å²) in [6.45, 7) is 1.69. The molecule has 0 amide bonds. The van der Waals surface area contributed by atoms with E-state index in [1.54, 1.807) is 18.2 Å². The monoisotopic (exact) mass is 472 g/mol. The first-order valence-electron chi connectivity index (χ1n) is 11.3. The highest BCUT2D eigenvalue weighted by Gasteiger charge is 2.48. The molecule has 3 aliphatic rings. The number of aliphatic hydroxyl groups excluding tert-OH is 2. The first kappa shape index (κ1) is 21.5. The molecule has 11 heteroatoms. The first-order chi connectivity index (χ1) is 16.5. The third-order valence-corrected chi connectivity index (χ3v) is 6.57. The average Bonchev–Trinajstić information content (AvgIpc) is 3.60. The fourth-order valence-electron chi connectivity index (χ4n) is 4.86. The maximum absolute atomic E-state index is 15.1. The fourth-order valence-corrected chi connectivity index (χ4v) is 4.86. The third-order valence-electron chi connectivity index (χ3n) is 6.57. The van der Waals surface area contributed by atoms with Crippen molar-refractivity contribution in [3.8, 4) is 23.0 Å². The molecule has 0 spiro atoms. The minimum absolute atomic E-state index is 0.113. The second-order valence-electron chi connectivity index (χ2n) is 8.82. The van der Waals surface area contributed by atoms with Crippen molar-refractivity contribution < 1.29 is 33.6 Å². The number of methoxy groups -OCH3 is 1. The van der Waals surface area contributed by atoms with Gasteiger partial charge in [-0.05, 0) is 18.6 Å². The van der Waals surface area contributed by atoms with Crippen LogP contribution in [-0.4, -0.2) is 89.1 Å². The fraction of sp³-hybridized carbons (Fsp3) is 0.478. The van der Waals surface area contributed by atoms with E-state index in [2.05, 4.69) is 15.0 Å². The maximum atomic E-state index is 15.1. The van der Waals surface area contributed by atoms with Crippen molar-refractivity contribution in [2.24, 2.45) is 0 Å². The van der Waals surface area contributed by atoms with Crippen LogP contribution in [0, 0.1) is 5.82 Å². The summed E-state index contributed by atoms with van der Waals surface area (Å²) in [6.07, 6.45) is -1.51. The van der Waals surface area contributed by atoms with Crippen LogP contribution in [0.15, 0.2) is 24.3 Å². The Labute approximate surface area is 194 Å². The highest BCUT2D eigenvalue weighted by molar-refractivity contribution is 5.82. The Morgan fingerprint density at radius 3 is 2.79 bits per heavy atom. The highest BCUT2D eigenvalue weighted by atomic mass is 19.1. The number of H-pyrrole nitrogens is 1. The Kier molecular flexibility index (Phi) is 5.29. The van der Waals surface area contributed by atoms with E-state index in [-0.39, 0.29) is 43.1 Å². The van der Waals surface area contributed by atoms with Gasteiger partial charge in [-0.2, -0.15) is 4.98 Å². The summed E-state index contributed by atoms with van der Waals surface area (Å²) in [5.74, 6) is 0.790. The number of anilines is 1. The number of hydrogen-bond donors (Lipinski definition) is 3. The lowest BCUT2D eigenvalue weighted by molar-refractivity contribution is 0.00794. The van der Waals surface area contributed by atoms with Crippen molar-refractivity contribution in [2.75, 3.05) is 38.3 Å². The molecule has 5 atom stereocenters. The summed E-state index contributed by atoms with van der Waals surface area (Å²) >= 11 is 0. The summed E-state index contributed by atoms with van der Waals surface area (Å²) in [7, 11) is 1.48. The second kappa shape index (κ2) is 8.35. The molecule has 1 unspecified atom stereocenters. The van der Waals surface area contributed by atoms with Gasteiger partial charge in [0.25, 0.3) is 0 Å². The predicted molar refractivity (Wildman–Crippen MR) is 119 cm³/mol. The number of nitrogens with zero attached hydrogens (tertiary/aromatic N) is 3. The molecule has 34 heavy (non-hydrogen) atoms. The molecule has 0 aromatic carbocycles. The Bertz CT molecular complexity index is 1220. The summed E-state index contributed by atoms with van der Waals surface area (Å²) < 4.78 is 37.7. The standard InChI is InChI=1S/C23H25FN4O6/c1-31-23-12(2-3-18(27-23)28-5-4-11(29)8-28)20-13(24)6-14-15(26-20)7-19(25-14)34-17-10-33-21-16(30)9-32-22(17)21/h2-3,6-7,11,16-17,21-22,25,29-30H,4-5,8-10H2,1H3/t11-,16-,17-,21?,22-/m1/s1. The number of fused-ring (bicyclic) bond motifs is 2. The van der Waals surface area contributed by atoms with Gasteiger partial charge in [0.1, 0.15) is 29.8 Å². The average molecular weight is 472 g/mol. The van der Waals surface area contributed by atoms with Crippen LogP contribution < -0.4 is 14.4 Å². The molecule has 3 aromatic rings. The zero-order valence-electron chi connectivity index (χ0n) is 18.5.